The van der Waals surface area contributed by atoms with Gasteiger partial charge in [0, 0.05) is 0 Å². The van der Waals surface area contributed by atoms with Crippen molar-refractivity contribution in [2.75, 3.05) is 0 Å². The van der Waals surface area contributed by atoms with Crippen LogP contribution in [0.3, 0.4) is 0 Å². The molecule has 3 heteroatoms. The zero-order valence-corrected chi connectivity index (χ0v) is 25.8. The van der Waals surface area contributed by atoms with Crippen molar-refractivity contribution < 1.29 is 46.1 Å². The fourth-order valence-corrected chi connectivity index (χ4v) is 13.9. The third-order valence-electron chi connectivity index (χ3n) is 8.08. The molecule has 190 valence electrons. The minimum absolute atomic E-state index is 0. The maximum Gasteiger partial charge on any atom is -1.00 e. The molecule has 0 bridgehead atoms. The van der Waals surface area contributed by atoms with E-state index in [1.54, 1.807) is 0 Å². The Bertz CT molecular complexity index is 1350. The first-order valence-electron chi connectivity index (χ1n) is 13.0. The van der Waals surface area contributed by atoms with Gasteiger partial charge in [0.25, 0.3) is 0 Å². The van der Waals surface area contributed by atoms with Crippen molar-refractivity contribution in [1.29, 1.82) is 0 Å². The van der Waals surface area contributed by atoms with Gasteiger partial charge in [-0.3, -0.25) is 0 Å². The van der Waals surface area contributed by atoms with Gasteiger partial charge < -0.3 is 24.8 Å². The van der Waals surface area contributed by atoms with E-state index in [-0.39, 0.29) is 24.8 Å². The molecule has 2 aromatic rings. The Balaban J connectivity index is 0.00000168. The Morgan fingerprint density at radius 1 is 0.553 bits per heavy atom. The van der Waals surface area contributed by atoms with Gasteiger partial charge in [0.1, 0.15) is 0 Å². The standard InChI is InChI=1S/2C17H15.CH2.2ClH.Zr/c2*1-13-11-15-9-5-6-10-16(17(15)12-13)14-7-3-2-4-8-14;;;;/h2*2-12,16H,1H3;1H2;2*1H;/q;;;;;+2/p-2. The van der Waals surface area contributed by atoms with Crippen molar-refractivity contribution >= 4 is 4.21 Å². The monoisotopic (exact) mass is 612 g/mol. The fourth-order valence-electron chi connectivity index (χ4n) is 6.50. The molecular formula is C35H32Cl2Zr. The molecule has 4 aliphatic carbocycles. The van der Waals surface area contributed by atoms with E-state index in [4.69, 9.17) is 4.21 Å². The van der Waals surface area contributed by atoms with Gasteiger partial charge in [0.2, 0.25) is 0 Å². The quantitative estimate of drug-likeness (QED) is 0.497. The van der Waals surface area contributed by atoms with E-state index in [9.17, 15) is 0 Å². The molecular weight excluding hydrogens is 583 g/mol. The van der Waals surface area contributed by atoms with E-state index in [2.05, 4.69) is 135 Å². The van der Waals surface area contributed by atoms with Crippen molar-refractivity contribution in [2.45, 2.75) is 32.9 Å². The Kier molecular flexibility index (Phi) is 9.25. The maximum atomic E-state index is 5.08. The van der Waals surface area contributed by atoms with Crippen LogP contribution in [0.1, 0.15) is 36.8 Å². The third-order valence-corrected chi connectivity index (χ3v) is 15.5. The van der Waals surface area contributed by atoms with E-state index in [0.717, 1.165) is 0 Å². The first-order valence-corrected chi connectivity index (χ1v) is 17.5. The van der Waals surface area contributed by atoms with Crippen LogP contribution in [0.25, 0.3) is 0 Å². The normalized spacial score (nSPS) is 24.8. The number of rotatable bonds is 4. The smallest absolute Gasteiger partial charge is 1.00 e. The topological polar surface area (TPSA) is 0 Å². The summed E-state index contributed by atoms with van der Waals surface area (Å²) in [6.45, 7) is 4.70. The van der Waals surface area contributed by atoms with Gasteiger partial charge in [-0.05, 0) is 0 Å². The second-order valence-corrected chi connectivity index (χ2v) is 16.0. The van der Waals surface area contributed by atoms with Crippen molar-refractivity contribution in [3.05, 3.63) is 166 Å². The van der Waals surface area contributed by atoms with Crippen molar-refractivity contribution in [1.82, 2.24) is 0 Å². The fraction of sp³-hybridized carbons (Fsp3) is 0.171. The molecule has 0 heterocycles. The van der Waals surface area contributed by atoms with E-state index in [1.165, 1.54) is 44.6 Å². The molecule has 38 heavy (non-hydrogen) atoms. The van der Waals surface area contributed by atoms with Crippen molar-refractivity contribution in [2.24, 2.45) is 0 Å². The van der Waals surface area contributed by atoms with E-state index < -0.39 is 21.3 Å². The van der Waals surface area contributed by atoms with E-state index in [0.29, 0.717) is 19.1 Å². The van der Waals surface area contributed by atoms with E-state index >= 15 is 0 Å². The molecule has 0 radical (unpaired) electrons. The third kappa shape index (κ3) is 5.14. The van der Waals surface area contributed by atoms with Crippen LogP contribution in [-0.2, 0) is 21.3 Å². The van der Waals surface area contributed by atoms with Crippen LogP contribution < -0.4 is 24.8 Å². The Labute approximate surface area is 247 Å². The summed E-state index contributed by atoms with van der Waals surface area (Å²) in [7, 11) is 0. The summed E-state index contributed by atoms with van der Waals surface area (Å²) >= 11 is -2.29. The SMILES string of the molecule is [CH2]=[Zr+2]([CH]1C(C)=CC2=C1C=CC=CC2c1ccccc1)[CH]1C(C)=CC2=C1C=CC=CC2c1ccccc1.[Cl-].[Cl-]. The minimum Gasteiger partial charge on any atom is -1.00 e. The molecule has 4 aliphatic rings. The number of halogens is 2. The molecule has 0 aliphatic heterocycles. The zero-order chi connectivity index (χ0) is 24.6. The number of hydrogen-bond acceptors (Lipinski definition) is 0. The largest absolute Gasteiger partial charge is 1.00 e. The van der Waals surface area contributed by atoms with Gasteiger partial charge in [-0.15, -0.1) is 0 Å². The van der Waals surface area contributed by atoms with Crippen LogP contribution in [0, 0.1) is 0 Å². The number of hydrogen-bond donors (Lipinski definition) is 0. The summed E-state index contributed by atoms with van der Waals surface area (Å²) in [5.74, 6) is 0.624. The number of benzene rings is 2. The molecule has 0 aromatic heterocycles. The molecule has 4 atom stereocenters. The van der Waals surface area contributed by atoms with Crippen LogP contribution in [0.2, 0.25) is 7.25 Å². The summed E-state index contributed by atoms with van der Waals surface area (Å²) in [6.07, 6.45) is 23.4. The summed E-state index contributed by atoms with van der Waals surface area (Å²) in [5, 5.41) is 0. The second kappa shape index (κ2) is 12.3. The average Bonchev–Trinajstić information content (AvgIpc) is 3.21. The molecule has 6 rings (SSSR count). The molecule has 0 spiro atoms. The molecule has 4 unspecified atom stereocenters. The summed E-state index contributed by atoms with van der Waals surface area (Å²) in [4.78, 5) is 0. The van der Waals surface area contributed by atoms with Crippen LogP contribution in [0.15, 0.2) is 155 Å². The van der Waals surface area contributed by atoms with Crippen molar-refractivity contribution in [3.8, 4) is 0 Å². The minimum atomic E-state index is -2.29. The Hall–Kier alpha value is -2.31. The zero-order valence-electron chi connectivity index (χ0n) is 21.8. The van der Waals surface area contributed by atoms with Gasteiger partial charge in [-0.2, -0.15) is 0 Å². The molecule has 0 saturated heterocycles. The molecule has 2 aromatic carbocycles. The number of allylic oxidation sites excluding steroid dienone is 16. The predicted molar refractivity (Wildman–Crippen MR) is 151 cm³/mol. The van der Waals surface area contributed by atoms with Gasteiger partial charge >= 0.3 is 224 Å². The molecule has 0 amide bonds. The van der Waals surface area contributed by atoms with Gasteiger partial charge in [-0.25, -0.2) is 0 Å². The molecule has 0 saturated carbocycles. The first kappa shape index (κ1) is 28.7. The van der Waals surface area contributed by atoms with Crippen LogP contribution in [0.4, 0.5) is 0 Å². The second-order valence-electron chi connectivity index (χ2n) is 10.3. The average molecular weight is 615 g/mol. The van der Waals surface area contributed by atoms with Crippen LogP contribution in [0.5, 0.6) is 0 Å². The summed E-state index contributed by atoms with van der Waals surface area (Å²) < 4.78 is 6.09. The summed E-state index contributed by atoms with van der Waals surface area (Å²) in [5.41, 5.74) is 11.8. The van der Waals surface area contributed by atoms with Gasteiger partial charge in [-0.1, -0.05) is 0 Å². The van der Waals surface area contributed by atoms with Gasteiger partial charge in [0.15, 0.2) is 0 Å². The van der Waals surface area contributed by atoms with E-state index in [1.807, 2.05) is 0 Å². The van der Waals surface area contributed by atoms with Gasteiger partial charge in [0.05, 0.1) is 0 Å². The maximum absolute atomic E-state index is 5.08. The Morgan fingerprint density at radius 2 is 0.947 bits per heavy atom. The summed E-state index contributed by atoms with van der Waals surface area (Å²) in [6, 6.07) is 21.9. The molecule has 0 N–H and O–H groups in total. The van der Waals surface area contributed by atoms with Crippen LogP contribution in [-0.4, -0.2) is 4.21 Å². The molecule has 0 fully saturated rings. The Morgan fingerprint density at radius 3 is 1.34 bits per heavy atom. The van der Waals surface area contributed by atoms with Crippen LogP contribution >= 0.6 is 0 Å². The first-order chi connectivity index (χ1) is 17.6. The van der Waals surface area contributed by atoms with Crippen molar-refractivity contribution in [3.63, 3.8) is 0 Å². The molecule has 0 nitrogen and oxygen atoms in total. The predicted octanol–water partition coefficient (Wildman–Crippen LogP) is 2.95.